The molecule has 2 N–H and O–H groups in total. The molecule has 5 rings (SSSR count). The summed E-state index contributed by atoms with van der Waals surface area (Å²) in [7, 11) is 0. The summed E-state index contributed by atoms with van der Waals surface area (Å²) in [6, 6.07) is 25.9. The molecule has 1 aliphatic rings. The van der Waals surface area contributed by atoms with Crippen LogP contribution < -0.4 is 15.5 Å². The highest BCUT2D eigenvalue weighted by atomic mass is 32.1. The second kappa shape index (κ2) is 9.83. The van der Waals surface area contributed by atoms with Crippen LogP contribution in [0.5, 0.6) is 0 Å². The lowest BCUT2D eigenvalue weighted by Crippen LogP contribution is -2.41. The van der Waals surface area contributed by atoms with E-state index in [9.17, 15) is 4.79 Å². The number of carbonyl (C=O) groups is 1. The molecule has 1 amide bonds. The largest absolute Gasteiger partial charge is 0.356 e. The number of anilines is 4. The van der Waals surface area contributed by atoms with Crippen LogP contribution in [0.1, 0.15) is 12.8 Å². The molecule has 0 aliphatic carbocycles. The van der Waals surface area contributed by atoms with Crippen molar-refractivity contribution >= 4 is 40.1 Å². The normalized spacial score (nSPS) is 15.8. The Kier molecular flexibility index (Phi) is 6.30. The first-order valence-electron chi connectivity index (χ1n) is 11.1. The number of nitrogens with one attached hydrogen (secondary N) is 2. The Morgan fingerprint density at radius 1 is 0.879 bits per heavy atom. The van der Waals surface area contributed by atoms with Crippen molar-refractivity contribution in [2.24, 2.45) is 5.92 Å². The number of hydrogen-bond acceptors (Lipinski definition) is 6. The number of piperidine rings is 1. The molecule has 2 aromatic heterocycles. The van der Waals surface area contributed by atoms with Crippen LogP contribution in [0.4, 0.5) is 22.9 Å². The SMILES string of the molecule is O=C(Nc1ccc(Nc2ccccc2)cc1)C1CCCN(c2ccc(-c3cccs3)nn2)C1. The number of para-hydroxylation sites is 1. The number of nitrogens with zero attached hydrogens (tertiary/aromatic N) is 3. The van der Waals surface area contributed by atoms with Crippen LogP contribution in [0.25, 0.3) is 10.6 Å². The van der Waals surface area contributed by atoms with Crippen molar-refractivity contribution in [2.45, 2.75) is 12.8 Å². The molecule has 0 saturated carbocycles. The average Bonchev–Trinajstić information content (AvgIpc) is 3.41. The second-order valence-electron chi connectivity index (χ2n) is 8.10. The fraction of sp³-hybridized carbons (Fsp3) is 0.192. The lowest BCUT2D eigenvalue weighted by atomic mass is 9.97. The molecular weight excluding hydrogens is 430 g/mol. The quantitative estimate of drug-likeness (QED) is 0.384. The molecule has 3 heterocycles. The van der Waals surface area contributed by atoms with Gasteiger partial charge in [-0.3, -0.25) is 4.79 Å². The molecule has 6 nitrogen and oxygen atoms in total. The minimum absolute atomic E-state index is 0.0478. The van der Waals surface area contributed by atoms with Crippen molar-refractivity contribution in [3.8, 4) is 10.6 Å². The molecule has 1 unspecified atom stereocenters. The van der Waals surface area contributed by atoms with E-state index >= 15 is 0 Å². The van der Waals surface area contributed by atoms with Gasteiger partial charge in [0.2, 0.25) is 5.91 Å². The summed E-state index contributed by atoms with van der Waals surface area (Å²) >= 11 is 1.65. The van der Waals surface area contributed by atoms with E-state index in [2.05, 4.69) is 25.7 Å². The van der Waals surface area contributed by atoms with E-state index in [4.69, 9.17) is 0 Å². The Labute approximate surface area is 197 Å². The molecule has 0 bridgehead atoms. The van der Waals surface area contributed by atoms with Gasteiger partial charge < -0.3 is 15.5 Å². The first-order chi connectivity index (χ1) is 16.2. The van der Waals surface area contributed by atoms with Crippen LogP contribution in [0, 0.1) is 5.92 Å². The zero-order chi connectivity index (χ0) is 22.5. The maximum atomic E-state index is 12.9. The number of thiophene rings is 1. The van der Waals surface area contributed by atoms with Crippen molar-refractivity contribution in [1.29, 1.82) is 0 Å². The first-order valence-corrected chi connectivity index (χ1v) is 12.0. The highest BCUT2D eigenvalue weighted by Gasteiger charge is 2.27. The zero-order valence-electron chi connectivity index (χ0n) is 18.1. The van der Waals surface area contributed by atoms with E-state index in [0.29, 0.717) is 6.54 Å². The highest BCUT2D eigenvalue weighted by Crippen LogP contribution is 2.26. The smallest absolute Gasteiger partial charge is 0.229 e. The van der Waals surface area contributed by atoms with Gasteiger partial charge in [0, 0.05) is 30.2 Å². The van der Waals surface area contributed by atoms with Crippen molar-refractivity contribution in [2.75, 3.05) is 28.6 Å². The summed E-state index contributed by atoms with van der Waals surface area (Å²) in [4.78, 5) is 16.2. The third kappa shape index (κ3) is 5.21. The van der Waals surface area contributed by atoms with Gasteiger partial charge in [-0.1, -0.05) is 24.3 Å². The van der Waals surface area contributed by atoms with Gasteiger partial charge in [-0.15, -0.1) is 21.5 Å². The van der Waals surface area contributed by atoms with Crippen molar-refractivity contribution in [1.82, 2.24) is 10.2 Å². The van der Waals surface area contributed by atoms with Gasteiger partial charge in [-0.2, -0.15) is 0 Å². The van der Waals surface area contributed by atoms with Crippen molar-refractivity contribution in [3.05, 3.63) is 84.2 Å². The van der Waals surface area contributed by atoms with Gasteiger partial charge in [0.05, 0.1) is 10.8 Å². The van der Waals surface area contributed by atoms with Gasteiger partial charge in [-0.05, 0) is 72.8 Å². The van der Waals surface area contributed by atoms with Crippen LogP contribution >= 0.6 is 11.3 Å². The fourth-order valence-electron chi connectivity index (χ4n) is 4.02. The van der Waals surface area contributed by atoms with Gasteiger partial charge in [0.1, 0.15) is 5.69 Å². The maximum Gasteiger partial charge on any atom is 0.229 e. The van der Waals surface area contributed by atoms with E-state index in [1.807, 2.05) is 84.2 Å². The molecule has 1 fully saturated rings. The molecule has 1 saturated heterocycles. The first kappa shape index (κ1) is 21.2. The van der Waals surface area contributed by atoms with Crippen molar-refractivity contribution in [3.63, 3.8) is 0 Å². The Balaban J connectivity index is 1.18. The standard InChI is InChI=1S/C26H25N5OS/c32-26(28-22-12-10-21(11-13-22)27-20-7-2-1-3-8-20)19-6-4-16-31(18-19)25-15-14-23(29-30-25)24-9-5-17-33-24/h1-3,5,7-15,17,19,27H,4,6,16,18H2,(H,28,32). The number of benzene rings is 2. The Bertz CT molecular complexity index is 1180. The minimum atomic E-state index is -0.0837. The van der Waals surface area contributed by atoms with Crippen LogP contribution in [0.2, 0.25) is 0 Å². The third-order valence-electron chi connectivity index (χ3n) is 5.76. The topological polar surface area (TPSA) is 70.2 Å². The summed E-state index contributed by atoms with van der Waals surface area (Å²) in [5.74, 6) is 0.787. The summed E-state index contributed by atoms with van der Waals surface area (Å²) in [6.45, 7) is 1.53. The summed E-state index contributed by atoms with van der Waals surface area (Å²) in [5, 5.41) is 17.3. The van der Waals surface area contributed by atoms with Gasteiger partial charge >= 0.3 is 0 Å². The van der Waals surface area contributed by atoms with Crippen LogP contribution in [-0.4, -0.2) is 29.2 Å². The van der Waals surface area contributed by atoms with Gasteiger partial charge in [0.25, 0.3) is 0 Å². The van der Waals surface area contributed by atoms with E-state index < -0.39 is 0 Å². The highest BCUT2D eigenvalue weighted by molar-refractivity contribution is 7.13. The Hall–Kier alpha value is -3.71. The average molecular weight is 456 g/mol. The molecule has 1 atom stereocenters. The molecule has 2 aromatic carbocycles. The van der Waals surface area contributed by atoms with Crippen LogP contribution in [0.3, 0.4) is 0 Å². The lowest BCUT2D eigenvalue weighted by Gasteiger charge is -2.32. The van der Waals surface area contributed by atoms with E-state index in [1.54, 1.807) is 11.3 Å². The number of rotatable bonds is 6. The van der Waals surface area contributed by atoms with E-state index in [-0.39, 0.29) is 11.8 Å². The fourth-order valence-corrected chi connectivity index (χ4v) is 4.71. The third-order valence-corrected chi connectivity index (χ3v) is 6.65. The van der Waals surface area contributed by atoms with Gasteiger partial charge in [0.15, 0.2) is 5.82 Å². The monoisotopic (exact) mass is 455 g/mol. The predicted octanol–water partition coefficient (Wildman–Crippen LogP) is 5.80. The second-order valence-corrected chi connectivity index (χ2v) is 9.04. The molecule has 33 heavy (non-hydrogen) atoms. The number of aromatic nitrogens is 2. The van der Waals surface area contributed by atoms with E-state index in [0.717, 1.165) is 52.8 Å². The molecule has 4 aromatic rings. The minimum Gasteiger partial charge on any atom is -0.356 e. The van der Waals surface area contributed by atoms with Crippen LogP contribution in [0.15, 0.2) is 84.2 Å². The van der Waals surface area contributed by atoms with E-state index in [1.165, 1.54) is 0 Å². The molecule has 0 spiro atoms. The summed E-state index contributed by atoms with van der Waals surface area (Å²) in [6.07, 6.45) is 1.82. The Morgan fingerprint density at radius 2 is 1.67 bits per heavy atom. The number of hydrogen-bond donors (Lipinski definition) is 2. The molecule has 7 heteroatoms. The summed E-state index contributed by atoms with van der Waals surface area (Å²) in [5.41, 5.74) is 3.69. The molecule has 1 aliphatic heterocycles. The lowest BCUT2D eigenvalue weighted by molar-refractivity contribution is -0.120. The number of carbonyl (C=O) groups excluding carboxylic acids is 1. The predicted molar refractivity (Wildman–Crippen MR) is 135 cm³/mol. The zero-order valence-corrected chi connectivity index (χ0v) is 19.0. The summed E-state index contributed by atoms with van der Waals surface area (Å²) < 4.78 is 0. The van der Waals surface area contributed by atoms with Crippen LogP contribution in [-0.2, 0) is 4.79 Å². The molecular formula is C26H25N5OS. The maximum absolute atomic E-state index is 12.9. The molecule has 0 radical (unpaired) electrons. The molecule has 166 valence electrons. The van der Waals surface area contributed by atoms with Crippen molar-refractivity contribution < 1.29 is 4.79 Å². The Morgan fingerprint density at radius 3 is 2.39 bits per heavy atom. The van der Waals surface area contributed by atoms with Gasteiger partial charge in [-0.25, -0.2) is 0 Å². The number of amides is 1.